The number of nitrogens with zero attached hydrogens (tertiary/aromatic N) is 4. The molecule has 4 nitrogen and oxygen atoms in total. The molecule has 0 amide bonds. The third-order valence-corrected chi connectivity index (χ3v) is 3.91. The Kier molecular flexibility index (Phi) is 3.65. The van der Waals surface area contributed by atoms with Gasteiger partial charge in [-0.2, -0.15) is 5.10 Å². The van der Waals surface area contributed by atoms with E-state index < -0.39 is 0 Å². The van der Waals surface area contributed by atoms with Gasteiger partial charge in [-0.15, -0.1) is 0 Å². The highest BCUT2D eigenvalue weighted by molar-refractivity contribution is 5.20. The lowest BCUT2D eigenvalue weighted by atomic mass is 10.0. The van der Waals surface area contributed by atoms with Gasteiger partial charge in [-0.3, -0.25) is 9.88 Å². The smallest absolute Gasteiger partial charge is 0.0539 e. The van der Waals surface area contributed by atoms with Gasteiger partial charge in [-0.05, 0) is 24.0 Å². The van der Waals surface area contributed by atoms with Gasteiger partial charge in [0, 0.05) is 49.5 Å². The van der Waals surface area contributed by atoms with Crippen molar-refractivity contribution in [1.29, 1.82) is 0 Å². The van der Waals surface area contributed by atoms with Crippen LogP contribution < -0.4 is 0 Å². The fourth-order valence-corrected chi connectivity index (χ4v) is 3.02. The maximum atomic E-state index is 4.26. The molecule has 0 bridgehead atoms. The first-order valence-corrected chi connectivity index (χ1v) is 7.06. The molecule has 2 aromatic heterocycles. The molecule has 3 heterocycles. The van der Waals surface area contributed by atoms with Gasteiger partial charge >= 0.3 is 0 Å². The summed E-state index contributed by atoms with van der Waals surface area (Å²) in [6.07, 6.45) is 10.7. The second kappa shape index (κ2) is 5.59. The lowest BCUT2D eigenvalue weighted by Gasteiger charge is -2.23. The summed E-state index contributed by atoms with van der Waals surface area (Å²) in [5.74, 6) is 0.717. The zero-order chi connectivity index (χ0) is 13.9. The molecule has 0 saturated carbocycles. The van der Waals surface area contributed by atoms with Crippen LogP contribution in [0.3, 0.4) is 0 Å². The van der Waals surface area contributed by atoms with Crippen LogP contribution in [0.4, 0.5) is 0 Å². The first-order valence-electron chi connectivity index (χ1n) is 7.06. The fraction of sp³-hybridized carbons (Fsp3) is 0.375. The molecule has 0 spiro atoms. The summed E-state index contributed by atoms with van der Waals surface area (Å²) in [5.41, 5.74) is 2.54. The van der Waals surface area contributed by atoms with Crippen LogP contribution in [0.1, 0.15) is 30.5 Å². The zero-order valence-electron chi connectivity index (χ0n) is 11.8. The van der Waals surface area contributed by atoms with Crippen LogP contribution in [0, 0.1) is 5.92 Å². The number of likely N-dealkylation sites (tertiary alicyclic amines) is 1. The van der Waals surface area contributed by atoms with Crippen LogP contribution in [0.2, 0.25) is 0 Å². The van der Waals surface area contributed by atoms with Crippen LogP contribution >= 0.6 is 0 Å². The minimum absolute atomic E-state index is 0.464. The van der Waals surface area contributed by atoms with Gasteiger partial charge < -0.3 is 0 Å². The van der Waals surface area contributed by atoms with Crippen LogP contribution in [0.5, 0.6) is 0 Å². The van der Waals surface area contributed by atoms with E-state index in [-0.39, 0.29) is 0 Å². The lowest BCUT2D eigenvalue weighted by molar-refractivity contribution is 0.245. The molecule has 1 aliphatic rings. The first kappa shape index (κ1) is 13.1. The number of pyridine rings is 1. The Hall–Kier alpha value is -1.94. The van der Waals surface area contributed by atoms with Gasteiger partial charge in [0.05, 0.1) is 6.20 Å². The Labute approximate surface area is 119 Å². The second-order valence-corrected chi connectivity index (χ2v) is 5.58. The van der Waals surface area contributed by atoms with E-state index in [1.165, 1.54) is 17.5 Å². The van der Waals surface area contributed by atoms with Gasteiger partial charge in [-0.25, -0.2) is 4.68 Å². The highest BCUT2D eigenvalue weighted by atomic mass is 15.3. The molecule has 2 aromatic rings. The van der Waals surface area contributed by atoms with Crippen LogP contribution in [-0.2, 0) is 6.54 Å². The number of hydrogen-bond acceptors (Lipinski definition) is 3. The van der Waals surface area contributed by atoms with Gasteiger partial charge in [-0.1, -0.05) is 19.6 Å². The van der Waals surface area contributed by atoms with Gasteiger partial charge in [0.2, 0.25) is 0 Å². The van der Waals surface area contributed by atoms with E-state index in [0.717, 1.165) is 19.0 Å². The molecule has 2 atom stereocenters. The molecular weight excluding hydrogens is 248 g/mol. The predicted molar refractivity (Wildman–Crippen MR) is 79.8 cm³/mol. The molecule has 1 saturated heterocycles. The summed E-state index contributed by atoms with van der Waals surface area (Å²) in [7, 11) is 0. The Morgan fingerprint density at radius 2 is 2.35 bits per heavy atom. The third-order valence-electron chi connectivity index (χ3n) is 3.91. The third kappa shape index (κ3) is 2.65. The second-order valence-electron chi connectivity index (χ2n) is 5.58. The van der Waals surface area contributed by atoms with Gasteiger partial charge in [0.25, 0.3) is 0 Å². The molecule has 0 aromatic carbocycles. The number of hydrogen-bond donors (Lipinski definition) is 0. The Bertz CT molecular complexity index is 575. The van der Waals surface area contributed by atoms with Crippen molar-refractivity contribution in [3.05, 3.63) is 54.6 Å². The standard InChI is InChI=1S/C16H20N4/c1-3-20-12-14(8-18-20)11-19-10-13(2)7-16(19)15-5-4-6-17-9-15/h3-6,8-9,12-13,16H,1,7,10-11H2,2H3/t13-,16+/m0/s1. The molecule has 20 heavy (non-hydrogen) atoms. The van der Waals surface area contributed by atoms with E-state index in [2.05, 4.69) is 34.6 Å². The highest BCUT2D eigenvalue weighted by Crippen LogP contribution is 2.35. The molecular formula is C16H20N4. The molecule has 1 aliphatic heterocycles. The van der Waals surface area contributed by atoms with Crippen LogP contribution in [0.15, 0.2) is 43.5 Å². The van der Waals surface area contributed by atoms with Crippen molar-refractivity contribution in [2.75, 3.05) is 6.54 Å². The van der Waals surface area contributed by atoms with E-state index >= 15 is 0 Å². The Balaban J connectivity index is 1.78. The summed E-state index contributed by atoms with van der Waals surface area (Å²) in [6.45, 7) is 8.10. The van der Waals surface area contributed by atoms with E-state index in [1.54, 1.807) is 10.9 Å². The largest absolute Gasteiger partial charge is 0.292 e. The maximum absolute atomic E-state index is 4.26. The summed E-state index contributed by atoms with van der Waals surface area (Å²) in [6, 6.07) is 4.66. The molecule has 104 valence electrons. The normalized spacial score (nSPS) is 23.1. The van der Waals surface area contributed by atoms with Gasteiger partial charge in [0.1, 0.15) is 0 Å². The average Bonchev–Trinajstić information content (AvgIpc) is 3.07. The molecule has 3 rings (SSSR count). The minimum Gasteiger partial charge on any atom is -0.292 e. The molecule has 4 heteroatoms. The van der Waals surface area contributed by atoms with Crippen molar-refractivity contribution in [3.63, 3.8) is 0 Å². The summed E-state index contributed by atoms with van der Waals surface area (Å²) >= 11 is 0. The average molecular weight is 268 g/mol. The Morgan fingerprint density at radius 1 is 1.45 bits per heavy atom. The van der Waals surface area contributed by atoms with Crippen molar-refractivity contribution in [2.24, 2.45) is 5.92 Å². The molecule has 0 unspecified atom stereocenters. The van der Waals surface area contributed by atoms with Crippen molar-refractivity contribution in [2.45, 2.75) is 25.9 Å². The molecule has 0 radical (unpaired) electrons. The first-order chi connectivity index (χ1) is 9.76. The van der Waals surface area contributed by atoms with E-state index in [1.807, 2.05) is 30.9 Å². The summed E-state index contributed by atoms with van der Waals surface area (Å²) < 4.78 is 1.76. The quantitative estimate of drug-likeness (QED) is 0.855. The Morgan fingerprint density at radius 3 is 3.05 bits per heavy atom. The monoisotopic (exact) mass is 268 g/mol. The van der Waals surface area contributed by atoms with Crippen molar-refractivity contribution >= 4 is 6.20 Å². The van der Waals surface area contributed by atoms with Crippen LogP contribution in [0.25, 0.3) is 6.20 Å². The molecule has 0 aliphatic carbocycles. The molecule has 1 fully saturated rings. The minimum atomic E-state index is 0.464. The topological polar surface area (TPSA) is 34.0 Å². The van der Waals surface area contributed by atoms with E-state index in [0.29, 0.717) is 6.04 Å². The van der Waals surface area contributed by atoms with Crippen molar-refractivity contribution in [3.8, 4) is 0 Å². The van der Waals surface area contributed by atoms with Gasteiger partial charge in [0.15, 0.2) is 0 Å². The highest BCUT2D eigenvalue weighted by Gasteiger charge is 2.30. The maximum Gasteiger partial charge on any atom is 0.0539 e. The lowest BCUT2D eigenvalue weighted by Crippen LogP contribution is -2.23. The number of aromatic nitrogens is 3. The summed E-state index contributed by atoms with van der Waals surface area (Å²) in [5, 5.41) is 4.25. The fourth-order valence-electron chi connectivity index (χ4n) is 3.02. The van der Waals surface area contributed by atoms with Crippen LogP contribution in [-0.4, -0.2) is 26.2 Å². The zero-order valence-corrected chi connectivity index (χ0v) is 11.8. The predicted octanol–water partition coefficient (Wildman–Crippen LogP) is 2.96. The SMILES string of the molecule is C=Cn1cc(CN2C[C@@H](C)C[C@@H]2c2cccnc2)cn1. The van der Waals surface area contributed by atoms with E-state index in [9.17, 15) is 0 Å². The van der Waals surface area contributed by atoms with Crippen molar-refractivity contribution in [1.82, 2.24) is 19.7 Å². The summed E-state index contributed by atoms with van der Waals surface area (Å²) in [4.78, 5) is 6.78. The van der Waals surface area contributed by atoms with Crippen molar-refractivity contribution < 1.29 is 0 Å². The molecule has 0 N–H and O–H groups in total. The number of rotatable bonds is 4. The van der Waals surface area contributed by atoms with E-state index in [4.69, 9.17) is 0 Å².